The summed E-state index contributed by atoms with van der Waals surface area (Å²) in [7, 11) is 3.51. The Kier molecular flexibility index (Phi) is 7.70. The van der Waals surface area contributed by atoms with Crippen molar-refractivity contribution in [2.45, 2.75) is 13.5 Å². The van der Waals surface area contributed by atoms with E-state index in [2.05, 4.69) is 18.8 Å². The number of carbonyl (C=O) groups is 1. The van der Waals surface area contributed by atoms with E-state index in [1.54, 1.807) is 17.5 Å². The van der Waals surface area contributed by atoms with E-state index in [-0.39, 0.29) is 0 Å². The standard InChI is InChI=1S/C10H16N2O.CH4N2O/c1-8-5-4-6-10(12(2)11)9(8)7-13-3;2-3-1-4/h4-6H,7,11H2,1-3H3;1H,2H2,(H,3,4). The first kappa shape index (κ1) is 15.4. The number of benzene rings is 1. The average molecular weight is 240 g/mol. The predicted molar refractivity (Wildman–Crippen MR) is 67.9 cm³/mol. The van der Waals surface area contributed by atoms with Crippen molar-refractivity contribution in [3.63, 3.8) is 0 Å². The highest BCUT2D eigenvalue weighted by molar-refractivity contribution is 5.54. The minimum Gasteiger partial charge on any atom is -0.380 e. The third-order valence-electron chi connectivity index (χ3n) is 2.12. The molecule has 0 aromatic heterocycles. The molecule has 5 N–H and O–H groups in total. The van der Waals surface area contributed by atoms with Crippen LogP contribution >= 0.6 is 0 Å². The smallest absolute Gasteiger partial charge is 0.221 e. The van der Waals surface area contributed by atoms with Crippen LogP contribution in [0, 0.1) is 6.92 Å². The van der Waals surface area contributed by atoms with E-state index in [0.29, 0.717) is 13.0 Å². The maximum Gasteiger partial charge on any atom is 0.221 e. The van der Waals surface area contributed by atoms with Crippen LogP contribution < -0.4 is 22.1 Å². The lowest BCUT2D eigenvalue weighted by Gasteiger charge is -2.18. The van der Waals surface area contributed by atoms with Crippen molar-refractivity contribution in [1.29, 1.82) is 0 Å². The van der Waals surface area contributed by atoms with E-state index in [1.165, 1.54) is 5.56 Å². The molecule has 0 unspecified atom stereocenters. The van der Waals surface area contributed by atoms with Crippen LogP contribution in [0.2, 0.25) is 0 Å². The van der Waals surface area contributed by atoms with Gasteiger partial charge in [-0.05, 0) is 18.6 Å². The molecule has 0 aliphatic rings. The van der Waals surface area contributed by atoms with E-state index < -0.39 is 0 Å². The number of nitrogens with one attached hydrogen (secondary N) is 1. The van der Waals surface area contributed by atoms with Gasteiger partial charge in [0, 0.05) is 19.7 Å². The van der Waals surface area contributed by atoms with Crippen LogP contribution in [0.15, 0.2) is 18.2 Å². The van der Waals surface area contributed by atoms with E-state index in [0.717, 1.165) is 11.3 Å². The van der Waals surface area contributed by atoms with Crippen molar-refractivity contribution in [3.05, 3.63) is 29.3 Å². The number of hydrazine groups is 2. The molecule has 0 bridgehead atoms. The van der Waals surface area contributed by atoms with Gasteiger partial charge in [0.1, 0.15) is 0 Å². The molecule has 6 nitrogen and oxygen atoms in total. The number of nitrogens with two attached hydrogens (primary N) is 2. The number of anilines is 1. The molecule has 0 radical (unpaired) electrons. The van der Waals surface area contributed by atoms with Crippen molar-refractivity contribution >= 4 is 12.1 Å². The fourth-order valence-electron chi connectivity index (χ4n) is 1.35. The summed E-state index contributed by atoms with van der Waals surface area (Å²) >= 11 is 0. The molecule has 96 valence electrons. The van der Waals surface area contributed by atoms with Gasteiger partial charge < -0.3 is 9.75 Å². The van der Waals surface area contributed by atoms with Gasteiger partial charge in [-0.25, -0.2) is 11.7 Å². The van der Waals surface area contributed by atoms with Gasteiger partial charge in [0.15, 0.2) is 0 Å². The van der Waals surface area contributed by atoms with Gasteiger partial charge in [0.25, 0.3) is 0 Å². The Balaban J connectivity index is 0.000000557. The zero-order valence-electron chi connectivity index (χ0n) is 10.4. The molecule has 6 heteroatoms. The number of methoxy groups -OCH3 is 1. The molecule has 0 spiro atoms. The van der Waals surface area contributed by atoms with Crippen LogP contribution in [0.4, 0.5) is 5.69 Å². The maximum absolute atomic E-state index is 8.94. The predicted octanol–water partition coefficient (Wildman–Crippen LogP) is 0.0574. The Morgan fingerprint density at radius 3 is 2.53 bits per heavy atom. The van der Waals surface area contributed by atoms with E-state index in [1.807, 2.05) is 19.2 Å². The van der Waals surface area contributed by atoms with Crippen molar-refractivity contribution in [2.75, 3.05) is 19.2 Å². The second kappa shape index (κ2) is 8.51. The summed E-state index contributed by atoms with van der Waals surface area (Å²) in [6, 6.07) is 6.04. The largest absolute Gasteiger partial charge is 0.380 e. The summed E-state index contributed by atoms with van der Waals surface area (Å²) < 4.78 is 5.12. The van der Waals surface area contributed by atoms with Crippen LogP contribution in [0.3, 0.4) is 0 Å². The summed E-state index contributed by atoms with van der Waals surface area (Å²) in [6.45, 7) is 2.66. The summed E-state index contributed by atoms with van der Waals surface area (Å²) in [5.74, 6) is 10.1. The van der Waals surface area contributed by atoms with Gasteiger partial charge in [-0.1, -0.05) is 12.1 Å². The minimum atomic E-state index is 0.403. The lowest BCUT2D eigenvalue weighted by Crippen LogP contribution is -2.26. The van der Waals surface area contributed by atoms with E-state index in [9.17, 15) is 0 Å². The fraction of sp³-hybridized carbons (Fsp3) is 0.364. The quantitative estimate of drug-likeness (QED) is 0.299. The number of amides is 1. The summed E-state index contributed by atoms with van der Waals surface area (Å²) in [5, 5.41) is 1.61. The normalized spacial score (nSPS) is 9.00. The molecular formula is C11H20N4O2. The number of ether oxygens (including phenoxy) is 1. The second-order valence-electron chi connectivity index (χ2n) is 3.40. The highest BCUT2D eigenvalue weighted by Crippen LogP contribution is 2.21. The van der Waals surface area contributed by atoms with Gasteiger partial charge >= 0.3 is 0 Å². The zero-order chi connectivity index (χ0) is 13.3. The third-order valence-corrected chi connectivity index (χ3v) is 2.12. The topological polar surface area (TPSA) is 93.6 Å². The van der Waals surface area contributed by atoms with Crippen molar-refractivity contribution in [3.8, 4) is 0 Å². The van der Waals surface area contributed by atoms with E-state index in [4.69, 9.17) is 15.4 Å². The third kappa shape index (κ3) is 5.30. The fourth-order valence-corrected chi connectivity index (χ4v) is 1.35. The number of rotatable bonds is 4. The SMILES string of the molecule is COCc1c(C)cccc1N(C)N.NNC=O. The molecular weight excluding hydrogens is 220 g/mol. The van der Waals surface area contributed by atoms with Crippen LogP contribution in [-0.4, -0.2) is 20.6 Å². The maximum atomic E-state index is 8.94. The molecule has 0 atom stereocenters. The molecule has 1 aromatic rings. The van der Waals surface area contributed by atoms with Crippen LogP contribution in [0.25, 0.3) is 0 Å². The highest BCUT2D eigenvalue weighted by atomic mass is 16.5. The molecule has 0 saturated carbocycles. The van der Waals surface area contributed by atoms with Crippen LogP contribution in [-0.2, 0) is 16.1 Å². The molecule has 0 aliphatic carbocycles. The Hall–Kier alpha value is -1.63. The van der Waals surface area contributed by atoms with Crippen molar-refractivity contribution in [1.82, 2.24) is 5.43 Å². The van der Waals surface area contributed by atoms with E-state index >= 15 is 0 Å². The van der Waals surface area contributed by atoms with Gasteiger partial charge in [-0.2, -0.15) is 0 Å². The Bertz CT molecular complexity index is 342. The van der Waals surface area contributed by atoms with Gasteiger partial charge in [-0.15, -0.1) is 0 Å². The average Bonchev–Trinajstić information content (AvgIpc) is 2.32. The molecule has 1 rings (SSSR count). The monoisotopic (exact) mass is 240 g/mol. The lowest BCUT2D eigenvalue weighted by molar-refractivity contribution is -0.109. The molecule has 0 aliphatic heterocycles. The Morgan fingerprint density at radius 1 is 1.53 bits per heavy atom. The summed E-state index contributed by atoms with van der Waals surface area (Å²) in [4.78, 5) is 8.94. The summed E-state index contributed by atoms with van der Waals surface area (Å²) in [6.07, 6.45) is 0.403. The number of hydrogen-bond acceptors (Lipinski definition) is 5. The van der Waals surface area contributed by atoms with Gasteiger partial charge in [-0.3, -0.25) is 10.2 Å². The van der Waals surface area contributed by atoms with Crippen molar-refractivity contribution < 1.29 is 9.53 Å². The molecule has 0 saturated heterocycles. The second-order valence-corrected chi connectivity index (χ2v) is 3.40. The number of hydrogen-bond donors (Lipinski definition) is 3. The first-order chi connectivity index (χ1) is 8.08. The van der Waals surface area contributed by atoms with Gasteiger partial charge in [0.05, 0.1) is 12.3 Å². The number of carbonyl (C=O) groups excluding carboxylic acids is 1. The molecule has 17 heavy (non-hydrogen) atoms. The first-order valence-electron chi connectivity index (χ1n) is 5.04. The minimum absolute atomic E-state index is 0.403. The molecule has 1 aromatic carbocycles. The van der Waals surface area contributed by atoms with Crippen molar-refractivity contribution in [2.24, 2.45) is 11.7 Å². The first-order valence-corrected chi connectivity index (χ1v) is 5.04. The molecule has 0 fully saturated rings. The number of nitrogens with zero attached hydrogens (tertiary/aromatic N) is 1. The lowest BCUT2D eigenvalue weighted by atomic mass is 10.1. The molecule has 0 heterocycles. The highest BCUT2D eigenvalue weighted by Gasteiger charge is 2.06. The van der Waals surface area contributed by atoms with Crippen LogP contribution in [0.1, 0.15) is 11.1 Å². The Morgan fingerprint density at radius 2 is 2.12 bits per heavy atom. The summed E-state index contributed by atoms with van der Waals surface area (Å²) in [5.41, 5.74) is 5.12. The molecule has 1 amide bonds. The number of aryl methyl sites for hydroxylation is 1. The Labute approximate surface area is 101 Å². The zero-order valence-corrected chi connectivity index (χ0v) is 10.4. The van der Waals surface area contributed by atoms with Crippen LogP contribution in [0.5, 0.6) is 0 Å². The van der Waals surface area contributed by atoms with Gasteiger partial charge in [0.2, 0.25) is 6.41 Å².